The Morgan fingerprint density at radius 3 is 2.27 bits per heavy atom. The van der Waals surface area contributed by atoms with Crippen molar-refractivity contribution in [2.45, 2.75) is 99.3 Å². The lowest BCUT2D eigenvalue weighted by molar-refractivity contribution is -0.0924. The van der Waals surface area contributed by atoms with Crippen LogP contribution in [0.25, 0.3) is 0 Å². The predicted molar refractivity (Wildman–Crippen MR) is 182 cm³/mol. The topological polar surface area (TPSA) is 55.5 Å². The fraction of sp³-hybridized carbons (Fsp3) is 0.486. The molecule has 1 saturated carbocycles. The Hall–Kier alpha value is -3.68. The van der Waals surface area contributed by atoms with Gasteiger partial charge in [0.25, 0.3) is 0 Å². The van der Waals surface area contributed by atoms with Gasteiger partial charge >= 0.3 is 6.18 Å². The fourth-order valence-corrected chi connectivity index (χ4v) is 4.45. The first kappa shape index (κ1) is 37.5. The van der Waals surface area contributed by atoms with Crippen LogP contribution in [-0.4, -0.2) is 30.9 Å². The van der Waals surface area contributed by atoms with Crippen LogP contribution in [0.5, 0.6) is 0 Å². The van der Waals surface area contributed by atoms with E-state index in [0.717, 1.165) is 72.6 Å². The molecule has 1 aromatic rings. The highest BCUT2D eigenvalue weighted by molar-refractivity contribution is 6.05. The molecule has 8 heteroatoms. The van der Waals surface area contributed by atoms with E-state index in [1.165, 1.54) is 6.92 Å². The maximum atomic E-state index is 13.4. The lowest BCUT2D eigenvalue weighted by Crippen LogP contribution is -2.17. The number of benzene rings is 1. The standard InChI is InChI=1S/C37H50F3N3O2/c1-10-14-22-41-36(44-9)34(27(7)30-20-21-30)32(15-11-2)42-23-26(6)28(8)45-24-29-16-18-31(19-17-29)35(25(5)12-3)43-33(13-4)37(38,39)40/h13,16-19,22-23,25,30H,7-8,10-12,14-15,20-21,24H2,1-6,9H3/b26-23-,33-13-,36-34-,41-22-,42-32-,43-35?. The Bertz CT molecular complexity index is 1340. The summed E-state index contributed by atoms with van der Waals surface area (Å²) in [5.41, 5.74) is 4.54. The quantitative estimate of drug-likeness (QED) is 0.0926. The molecule has 5 nitrogen and oxygen atoms in total. The molecule has 45 heavy (non-hydrogen) atoms. The van der Waals surface area contributed by atoms with Crippen molar-refractivity contribution in [1.29, 1.82) is 0 Å². The Kier molecular flexibility index (Phi) is 15.3. The monoisotopic (exact) mass is 625 g/mol. The van der Waals surface area contributed by atoms with Crippen LogP contribution in [0.15, 0.2) is 98.7 Å². The second kappa shape index (κ2) is 18.3. The number of aliphatic imine (C=N–C) groups is 3. The largest absolute Gasteiger partial charge is 0.489 e. The first-order chi connectivity index (χ1) is 21.4. The number of nitrogens with zero attached hydrogens (tertiary/aromatic N) is 3. The molecule has 0 aromatic heterocycles. The van der Waals surface area contributed by atoms with Gasteiger partial charge in [0.05, 0.1) is 24.1 Å². The van der Waals surface area contributed by atoms with Crippen molar-refractivity contribution in [3.63, 3.8) is 0 Å². The van der Waals surface area contributed by atoms with Crippen molar-refractivity contribution >= 4 is 17.6 Å². The molecule has 0 bridgehead atoms. The van der Waals surface area contributed by atoms with E-state index >= 15 is 0 Å². The van der Waals surface area contributed by atoms with Crippen LogP contribution in [0.2, 0.25) is 0 Å². The second-order valence-corrected chi connectivity index (χ2v) is 11.3. The minimum absolute atomic E-state index is 0.143. The van der Waals surface area contributed by atoms with Gasteiger partial charge in [-0.1, -0.05) is 84.0 Å². The van der Waals surface area contributed by atoms with Crippen molar-refractivity contribution in [1.82, 2.24) is 0 Å². The Balaban J connectivity index is 2.26. The van der Waals surface area contributed by atoms with Crippen LogP contribution in [0.4, 0.5) is 13.2 Å². The molecule has 0 radical (unpaired) electrons. The summed E-state index contributed by atoms with van der Waals surface area (Å²) in [5.74, 6) is 1.29. The van der Waals surface area contributed by atoms with Gasteiger partial charge in [-0.05, 0) is 74.5 Å². The second-order valence-electron chi connectivity index (χ2n) is 11.3. The minimum Gasteiger partial charge on any atom is -0.489 e. The van der Waals surface area contributed by atoms with E-state index in [1.807, 2.05) is 39.1 Å². The number of alkyl halides is 3. The van der Waals surface area contributed by atoms with Crippen molar-refractivity contribution in [3.8, 4) is 0 Å². The molecule has 0 N–H and O–H groups in total. The Morgan fingerprint density at radius 1 is 1.09 bits per heavy atom. The highest BCUT2D eigenvalue weighted by Gasteiger charge is 2.34. The van der Waals surface area contributed by atoms with Crippen molar-refractivity contribution in [3.05, 3.63) is 94.9 Å². The normalized spacial score (nSPS) is 16.5. The van der Waals surface area contributed by atoms with Crippen LogP contribution >= 0.6 is 0 Å². The van der Waals surface area contributed by atoms with Crippen LogP contribution in [0.1, 0.15) is 97.6 Å². The number of unbranched alkanes of at least 4 members (excludes halogenated alkanes) is 1. The molecule has 0 saturated heterocycles. The molecule has 2 rings (SSSR count). The zero-order valence-corrected chi connectivity index (χ0v) is 28.1. The average Bonchev–Trinajstić information content (AvgIpc) is 3.87. The molecule has 1 fully saturated rings. The van der Waals surface area contributed by atoms with Crippen molar-refractivity contribution < 1.29 is 22.6 Å². The number of ether oxygens (including phenoxy) is 2. The molecule has 0 heterocycles. The molecular formula is C37H50F3N3O2. The van der Waals surface area contributed by atoms with E-state index in [9.17, 15) is 13.2 Å². The zero-order valence-electron chi connectivity index (χ0n) is 28.1. The van der Waals surface area contributed by atoms with E-state index in [0.29, 0.717) is 35.3 Å². The van der Waals surface area contributed by atoms with Gasteiger partial charge < -0.3 is 9.47 Å². The van der Waals surface area contributed by atoms with E-state index in [4.69, 9.17) is 14.5 Å². The van der Waals surface area contributed by atoms with Gasteiger partial charge in [-0.25, -0.2) is 9.98 Å². The summed E-state index contributed by atoms with van der Waals surface area (Å²) in [7, 11) is 1.63. The average molecular weight is 626 g/mol. The van der Waals surface area contributed by atoms with Gasteiger partial charge in [-0.15, -0.1) is 0 Å². The van der Waals surface area contributed by atoms with E-state index in [2.05, 4.69) is 37.0 Å². The number of rotatable bonds is 18. The molecule has 1 aliphatic carbocycles. The van der Waals surface area contributed by atoms with Crippen LogP contribution in [0.3, 0.4) is 0 Å². The third kappa shape index (κ3) is 11.6. The van der Waals surface area contributed by atoms with Gasteiger partial charge in [0.1, 0.15) is 18.1 Å². The highest BCUT2D eigenvalue weighted by Crippen LogP contribution is 2.41. The van der Waals surface area contributed by atoms with Crippen LogP contribution < -0.4 is 0 Å². The molecular weight excluding hydrogens is 575 g/mol. The summed E-state index contributed by atoms with van der Waals surface area (Å²) < 4.78 is 51.9. The van der Waals surface area contributed by atoms with E-state index < -0.39 is 11.9 Å². The fourth-order valence-electron chi connectivity index (χ4n) is 4.45. The van der Waals surface area contributed by atoms with Gasteiger partial charge in [0.15, 0.2) is 0 Å². The van der Waals surface area contributed by atoms with Crippen LogP contribution in [0, 0.1) is 11.8 Å². The van der Waals surface area contributed by atoms with Crippen LogP contribution in [-0.2, 0) is 16.1 Å². The number of methoxy groups -OCH3 is 1. The molecule has 1 aromatic carbocycles. The Morgan fingerprint density at radius 2 is 1.76 bits per heavy atom. The summed E-state index contributed by atoms with van der Waals surface area (Å²) in [6, 6.07) is 7.26. The number of hydrogen-bond acceptors (Lipinski definition) is 5. The van der Waals surface area contributed by atoms with Gasteiger partial charge in [0.2, 0.25) is 5.88 Å². The first-order valence-corrected chi connectivity index (χ1v) is 15.9. The van der Waals surface area contributed by atoms with Gasteiger partial charge in [0, 0.05) is 18.0 Å². The summed E-state index contributed by atoms with van der Waals surface area (Å²) >= 11 is 0. The SMILES string of the molecule is C=C(OCc1ccc(C(=N/C(=C\C)C(F)(F)F)C(C)CC)cc1)\C(C)=C/N=C(CCC)\C(C(=C)C1CC1)=C(\N=C/CCC)OC. The van der Waals surface area contributed by atoms with E-state index in [-0.39, 0.29) is 12.5 Å². The summed E-state index contributed by atoms with van der Waals surface area (Å²) in [5, 5.41) is 0. The summed E-state index contributed by atoms with van der Waals surface area (Å²) in [6.07, 6.45) is 6.49. The van der Waals surface area contributed by atoms with Crippen molar-refractivity contribution in [2.75, 3.05) is 7.11 Å². The molecule has 1 atom stereocenters. The third-order valence-electron chi connectivity index (χ3n) is 7.60. The zero-order chi connectivity index (χ0) is 33.6. The predicted octanol–water partition coefficient (Wildman–Crippen LogP) is 10.9. The van der Waals surface area contributed by atoms with Gasteiger partial charge in [-0.3, -0.25) is 4.99 Å². The number of allylic oxidation sites excluding steroid dienone is 5. The highest BCUT2D eigenvalue weighted by atomic mass is 19.4. The first-order valence-electron chi connectivity index (χ1n) is 15.9. The molecule has 246 valence electrons. The summed E-state index contributed by atoms with van der Waals surface area (Å²) in [4.78, 5) is 13.5. The molecule has 1 aliphatic rings. The minimum atomic E-state index is -4.51. The lowest BCUT2D eigenvalue weighted by atomic mass is 9.95. The molecule has 0 amide bonds. The molecule has 1 unspecified atom stereocenters. The number of halogens is 3. The van der Waals surface area contributed by atoms with E-state index in [1.54, 1.807) is 25.4 Å². The number of hydrogen-bond donors (Lipinski definition) is 0. The lowest BCUT2D eigenvalue weighted by Gasteiger charge is -2.17. The maximum Gasteiger partial charge on any atom is 0.433 e. The van der Waals surface area contributed by atoms with Crippen molar-refractivity contribution in [2.24, 2.45) is 26.8 Å². The Labute approximate surface area is 268 Å². The third-order valence-corrected chi connectivity index (χ3v) is 7.60. The molecule has 0 spiro atoms. The maximum absolute atomic E-state index is 13.4. The van der Waals surface area contributed by atoms with Gasteiger partial charge in [-0.2, -0.15) is 13.2 Å². The smallest absolute Gasteiger partial charge is 0.433 e. The molecule has 0 aliphatic heterocycles. The summed E-state index contributed by atoms with van der Waals surface area (Å²) in [6.45, 7) is 20.0.